The monoisotopic (exact) mass is 390 g/mol. The van der Waals surface area contributed by atoms with Crippen LogP contribution in [0.25, 0.3) is 0 Å². The third-order valence-electron chi connectivity index (χ3n) is 4.49. The van der Waals surface area contributed by atoms with Crippen molar-refractivity contribution in [3.63, 3.8) is 0 Å². The van der Waals surface area contributed by atoms with E-state index in [2.05, 4.69) is 56.9 Å². The molecular formula is C19H23BrN2O2. The predicted octanol–water partition coefficient (Wildman–Crippen LogP) is 3.66. The Balaban J connectivity index is 1.71. The first-order chi connectivity index (χ1) is 11.7. The average molecular weight is 391 g/mol. The second-order valence-electron chi connectivity index (χ2n) is 5.92. The number of benzene rings is 2. The van der Waals surface area contributed by atoms with Gasteiger partial charge in [-0.2, -0.15) is 0 Å². The van der Waals surface area contributed by atoms with Gasteiger partial charge in [-0.3, -0.25) is 0 Å². The van der Waals surface area contributed by atoms with Crippen LogP contribution in [-0.2, 0) is 6.54 Å². The minimum Gasteiger partial charge on any atom is -0.493 e. The van der Waals surface area contributed by atoms with Crippen molar-refractivity contribution in [2.75, 3.05) is 20.8 Å². The molecule has 3 rings (SSSR count). The Bertz CT molecular complexity index is 679. The minimum absolute atomic E-state index is 0.352. The van der Waals surface area contributed by atoms with Gasteiger partial charge in [0.15, 0.2) is 11.5 Å². The molecule has 2 aromatic carbocycles. The Kier molecular flexibility index (Phi) is 5.76. The summed E-state index contributed by atoms with van der Waals surface area (Å²) in [6.07, 6.45) is 1.12. The van der Waals surface area contributed by atoms with Crippen LogP contribution in [0.5, 0.6) is 11.5 Å². The molecule has 0 amide bonds. The van der Waals surface area contributed by atoms with E-state index in [1.54, 1.807) is 14.2 Å². The number of ether oxygens (including phenoxy) is 2. The lowest BCUT2D eigenvalue weighted by Crippen LogP contribution is -2.34. The summed E-state index contributed by atoms with van der Waals surface area (Å²) in [5.74, 6) is 1.49. The number of halogens is 1. The van der Waals surface area contributed by atoms with Crippen LogP contribution in [0.15, 0.2) is 46.9 Å². The van der Waals surface area contributed by atoms with Crippen molar-refractivity contribution >= 4 is 15.9 Å². The zero-order valence-electron chi connectivity index (χ0n) is 14.0. The molecule has 0 bridgehead atoms. The molecule has 1 aliphatic heterocycles. The lowest BCUT2D eigenvalue weighted by Gasteiger charge is -2.22. The van der Waals surface area contributed by atoms with Gasteiger partial charge < -0.3 is 20.1 Å². The van der Waals surface area contributed by atoms with Gasteiger partial charge in [-0.05, 0) is 36.2 Å². The molecule has 0 saturated carbocycles. The third-order valence-corrected chi connectivity index (χ3v) is 5.23. The topological polar surface area (TPSA) is 42.5 Å². The van der Waals surface area contributed by atoms with Gasteiger partial charge in [0.1, 0.15) is 0 Å². The molecular weight excluding hydrogens is 368 g/mol. The predicted molar refractivity (Wildman–Crippen MR) is 99.7 cm³/mol. The summed E-state index contributed by atoms with van der Waals surface area (Å²) in [4.78, 5) is 0. The maximum atomic E-state index is 5.41. The van der Waals surface area contributed by atoms with E-state index in [9.17, 15) is 0 Å². The van der Waals surface area contributed by atoms with Gasteiger partial charge in [-0.25, -0.2) is 0 Å². The Morgan fingerprint density at radius 2 is 1.83 bits per heavy atom. The van der Waals surface area contributed by atoms with Crippen molar-refractivity contribution in [3.05, 3.63) is 58.1 Å². The number of hydrogen-bond acceptors (Lipinski definition) is 4. The van der Waals surface area contributed by atoms with Crippen molar-refractivity contribution in [2.45, 2.75) is 25.0 Å². The van der Waals surface area contributed by atoms with Crippen LogP contribution < -0.4 is 20.1 Å². The molecule has 4 nitrogen and oxygen atoms in total. The summed E-state index contributed by atoms with van der Waals surface area (Å²) < 4.78 is 11.8. The fraction of sp³-hybridized carbons (Fsp3) is 0.368. The highest BCUT2D eigenvalue weighted by atomic mass is 79.9. The largest absolute Gasteiger partial charge is 0.493 e. The van der Waals surface area contributed by atoms with Crippen LogP contribution in [0.4, 0.5) is 0 Å². The zero-order valence-corrected chi connectivity index (χ0v) is 15.6. The molecule has 0 spiro atoms. The van der Waals surface area contributed by atoms with E-state index in [0.717, 1.165) is 41.0 Å². The molecule has 5 heteroatoms. The zero-order chi connectivity index (χ0) is 16.9. The molecule has 0 aromatic heterocycles. The Hall–Kier alpha value is -1.56. The first kappa shape index (κ1) is 17.3. The van der Waals surface area contributed by atoms with E-state index in [-0.39, 0.29) is 0 Å². The van der Waals surface area contributed by atoms with Crippen LogP contribution in [0, 0.1) is 0 Å². The molecule has 1 fully saturated rings. The first-order valence-corrected chi connectivity index (χ1v) is 8.94. The lowest BCUT2D eigenvalue weighted by atomic mass is 10.0. The van der Waals surface area contributed by atoms with E-state index < -0.39 is 0 Å². The number of hydrogen-bond donors (Lipinski definition) is 2. The van der Waals surface area contributed by atoms with Crippen molar-refractivity contribution in [1.29, 1.82) is 0 Å². The van der Waals surface area contributed by atoms with Gasteiger partial charge in [0.05, 0.1) is 14.2 Å². The number of methoxy groups -OCH3 is 2. The maximum absolute atomic E-state index is 5.41. The molecule has 2 atom stereocenters. The number of rotatable bonds is 6. The molecule has 1 aliphatic rings. The van der Waals surface area contributed by atoms with Crippen LogP contribution in [0.1, 0.15) is 23.6 Å². The van der Waals surface area contributed by atoms with Gasteiger partial charge in [0, 0.05) is 23.1 Å². The Morgan fingerprint density at radius 1 is 1.12 bits per heavy atom. The quantitative estimate of drug-likeness (QED) is 0.789. The van der Waals surface area contributed by atoms with Gasteiger partial charge in [0.2, 0.25) is 0 Å². The fourth-order valence-electron chi connectivity index (χ4n) is 3.21. The van der Waals surface area contributed by atoms with Gasteiger partial charge >= 0.3 is 0 Å². The van der Waals surface area contributed by atoms with Crippen LogP contribution >= 0.6 is 15.9 Å². The molecule has 0 radical (unpaired) electrons. The van der Waals surface area contributed by atoms with Crippen LogP contribution in [0.2, 0.25) is 0 Å². The SMILES string of the molecule is COc1cc(Br)c(CN[C@@H]2CCN[C@@H]2c2ccccc2)cc1OC. The van der Waals surface area contributed by atoms with E-state index >= 15 is 0 Å². The van der Waals surface area contributed by atoms with E-state index in [1.165, 1.54) is 5.56 Å². The van der Waals surface area contributed by atoms with E-state index in [1.807, 2.05) is 12.1 Å². The lowest BCUT2D eigenvalue weighted by molar-refractivity contribution is 0.354. The first-order valence-electron chi connectivity index (χ1n) is 8.15. The molecule has 1 heterocycles. The molecule has 2 N–H and O–H groups in total. The van der Waals surface area contributed by atoms with Crippen LogP contribution in [-0.4, -0.2) is 26.8 Å². The third kappa shape index (κ3) is 3.74. The molecule has 0 unspecified atom stereocenters. The summed E-state index contributed by atoms with van der Waals surface area (Å²) in [6, 6.07) is 15.4. The fourth-order valence-corrected chi connectivity index (χ4v) is 3.67. The molecule has 128 valence electrons. The average Bonchev–Trinajstić information content (AvgIpc) is 3.09. The summed E-state index contributed by atoms with van der Waals surface area (Å²) >= 11 is 3.63. The van der Waals surface area contributed by atoms with Crippen molar-refractivity contribution in [3.8, 4) is 11.5 Å². The highest BCUT2D eigenvalue weighted by molar-refractivity contribution is 9.10. The summed E-state index contributed by atoms with van der Waals surface area (Å²) in [7, 11) is 3.31. The van der Waals surface area contributed by atoms with Crippen molar-refractivity contribution in [1.82, 2.24) is 10.6 Å². The van der Waals surface area contributed by atoms with Gasteiger partial charge in [0.25, 0.3) is 0 Å². The van der Waals surface area contributed by atoms with Crippen LogP contribution in [0.3, 0.4) is 0 Å². The second kappa shape index (κ2) is 8.01. The summed E-state index contributed by atoms with van der Waals surface area (Å²) in [6.45, 7) is 1.81. The van der Waals surface area contributed by atoms with Crippen molar-refractivity contribution in [2.24, 2.45) is 0 Å². The summed E-state index contributed by atoms with van der Waals surface area (Å²) in [5, 5.41) is 7.28. The smallest absolute Gasteiger partial charge is 0.161 e. The van der Waals surface area contributed by atoms with E-state index in [4.69, 9.17) is 9.47 Å². The molecule has 1 saturated heterocycles. The second-order valence-corrected chi connectivity index (χ2v) is 6.77. The molecule has 24 heavy (non-hydrogen) atoms. The molecule has 2 aromatic rings. The normalized spacial score (nSPS) is 20.1. The maximum Gasteiger partial charge on any atom is 0.161 e. The van der Waals surface area contributed by atoms with Gasteiger partial charge in [-0.1, -0.05) is 46.3 Å². The minimum atomic E-state index is 0.352. The van der Waals surface area contributed by atoms with Gasteiger partial charge in [-0.15, -0.1) is 0 Å². The summed E-state index contributed by atoms with van der Waals surface area (Å²) in [5.41, 5.74) is 2.49. The van der Waals surface area contributed by atoms with Crippen molar-refractivity contribution < 1.29 is 9.47 Å². The van der Waals surface area contributed by atoms with E-state index in [0.29, 0.717) is 12.1 Å². The Labute approximate surface area is 151 Å². The number of nitrogens with one attached hydrogen (secondary N) is 2. The standard InChI is InChI=1S/C19H23BrN2O2/c1-23-17-10-14(15(20)11-18(17)24-2)12-22-16-8-9-21-19(16)13-6-4-3-5-7-13/h3-7,10-11,16,19,21-22H,8-9,12H2,1-2H3/t16-,19-/m1/s1. The highest BCUT2D eigenvalue weighted by Gasteiger charge is 2.27. The molecule has 0 aliphatic carbocycles. The highest BCUT2D eigenvalue weighted by Crippen LogP contribution is 2.33. The Morgan fingerprint density at radius 3 is 2.54 bits per heavy atom.